The van der Waals surface area contributed by atoms with E-state index in [0.29, 0.717) is 10.6 Å². The van der Waals surface area contributed by atoms with Crippen LogP contribution in [0, 0.1) is 12.8 Å². The van der Waals surface area contributed by atoms with Gasteiger partial charge in [-0.15, -0.1) is 11.3 Å². The van der Waals surface area contributed by atoms with Gasteiger partial charge in [-0.25, -0.2) is 4.79 Å². The Morgan fingerprint density at radius 2 is 1.78 bits per heavy atom. The molecule has 1 aromatic heterocycles. The molecule has 5 nitrogen and oxygen atoms in total. The molecule has 0 atom stereocenters. The van der Waals surface area contributed by atoms with Crippen molar-refractivity contribution >= 4 is 41.2 Å². The molecule has 2 aromatic carbocycles. The topological polar surface area (TPSA) is 67.8 Å². The summed E-state index contributed by atoms with van der Waals surface area (Å²) in [7, 11) is 1.57. The van der Waals surface area contributed by atoms with Gasteiger partial charge in [0, 0.05) is 33.3 Å². The third kappa shape index (κ3) is 7.11. The monoisotopic (exact) mass is 539 g/mol. The van der Waals surface area contributed by atoms with E-state index in [1.54, 1.807) is 25.3 Å². The van der Waals surface area contributed by atoms with Gasteiger partial charge in [0.05, 0.1) is 12.6 Å². The van der Waals surface area contributed by atoms with Gasteiger partial charge in [-0.1, -0.05) is 26.0 Å². The summed E-state index contributed by atoms with van der Waals surface area (Å²) in [6.45, 7) is 12.7. The number of phenols is 1. The predicted octanol–water partition coefficient (Wildman–Crippen LogP) is 7.97. The lowest BCUT2D eigenvalue weighted by molar-refractivity contribution is 0.0479. The second kappa shape index (κ2) is 12.1. The zero-order valence-electron chi connectivity index (χ0n) is 22.6. The lowest BCUT2D eigenvalue weighted by Crippen LogP contribution is -2.32. The minimum atomic E-state index is -0.338. The van der Waals surface area contributed by atoms with Crippen LogP contribution in [0.1, 0.15) is 60.3 Å². The van der Waals surface area contributed by atoms with Crippen LogP contribution < -0.4 is 10.1 Å². The standard InChI is InChI=1S/C26H27NO4S.C4H10S/c1-15-13-26(3,4)27-21-10-9-18(19-8-7-17(28)12-22(19)30-5)20(24(15)21)14-31-25(29)23-11-6-16(2)32-23;1-4(2)3-5/h6-13,27-28H,14H2,1-5H3;4-5H,3H2,1-2H3. The second-order valence-corrected chi connectivity index (χ2v) is 11.8. The number of rotatable bonds is 6. The summed E-state index contributed by atoms with van der Waals surface area (Å²) in [5.74, 6) is 2.09. The Hall–Kier alpha value is -2.90. The number of ether oxygens (including phenoxy) is 2. The van der Waals surface area contributed by atoms with Crippen LogP contribution in [0.25, 0.3) is 16.7 Å². The molecule has 0 saturated heterocycles. The van der Waals surface area contributed by atoms with Gasteiger partial charge in [0.1, 0.15) is 23.0 Å². The molecule has 0 bridgehead atoms. The van der Waals surface area contributed by atoms with Gasteiger partial charge in [-0.3, -0.25) is 0 Å². The van der Waals surface area contributed by atoms with E-state index in [9.17, 15) is 9.90 Å². The number of methoxy groups -OCH3 is 1. The summed E-state index contributed by atoms with van der Waals surface area (Å²) in [6, 6.07) is 12.8. The van der Waals surface area contributed by atoms with E-state index in [4.69, 9.17) is 9.47 Å². The minimum Gasteiger partial charge on any atom is -0.508 e. The van der Waals surface area contributed by atoms with Crippen molar-refractivity contribution < 1.29 is 19.4 Å². The molecule has 0 saturated carbocycles. The van der Waals surface area contributed by atoms with E-state index in [1.165, 1.54) is 11.3 Å². The number of hydrogen-bond donors (Lipinski definition) is 3. The van der Waals surface area contributed by atoms with E-state index in [-0.39, 0.29) is 23.9 Å². The Morgan fingerprint density at radius 3 is 2.38 bits per heavy atom. The number of allylic oxidation sites excluding steroid dienone is 1. The Kier molecular flexibility index (Phi) is 9.37. The number of fused-ring (bicyclic) bond motifs is 1. The first-order valence-electron chi connectivity index (χ1n) is 12.3. The van der Waals surface area contributed by atoms with E-state index in [0.717, 1.165) is 50.1 Å². The SMILES string of the molecule is CC(C)CS.COc1cc(O)ccc1-c1ccc2c(c1COC(=O)c1ccc(C)s1)C(C)=CC(C)(C)N2. The molecule has 1 aliphatic rings. The quantitative estimate of drug-likeness (QED) is 0.219. The van der Waals surface area contributed by atoms with E-state index in [2.05, 4.69) is 58.6 Å². The van der Waals surface area contributed by atoms with Crippen molar-refractivity contribution in [2.45, 2.75) is 53.7 Å². The number of nitrogens with one attached hydrogen (secondary N) is 1. The number of carbonyl (C=O) groups is 1. The van der Waals surface area contributed by atoms with Crippen LogP contribution in [-0.4, -0.2) is 29.5 Å². The fourth-order valence-electron chi connectivity index (χ4n) is 4.26. The molecular weight excluding hydrogens is 502 g/mol. The summed E-state index contributed by atoms with van der Waals surface area (Å²) in [5.41, 5.74) is 5.55. The minimum absolute atomic E-state index is 0.117. The van der Waals surface area contributed by atoms with E-state index >= 15 is 0 Å². The zero-order valence-corrected chi connectivity index (χ0v) is 24.3. The molecule has 2 heterocycles. The highest BCUT2D eigenvalue weighted by Crippen LogP contribution is 2.43. The van der Waals surface area contributed by atoms with Crippen molar-refractivity contribution in [2.24, 2.45) is 5.92 Å². The number of carbonyl (C=O) groups excluding carboxylic acids is 1. The number of hydrogen-bond acceptors (Lipinski definition) is 7. The van der Waals surface area contributed by atoms with Crippen molar-refractivity contribution in [3.8, 4) is 22.6 Å². The molecule has 0 amide bonds. The maximum Gasteiger partial charge on any atom is 0.348 e. The number of benzene rings is 2. The number of aryl methyl sites for hydroxylation is 1. The predicted molar refractivity (Wildman–Crippen MR) is 158 cm³/mol. The molecular formula is C30H37NO4S2. The summed E-state index contributed by atoms with van der Waals surface area (Å²) >= 11 is 5.44. The van der Waals surface area contributed by atoms with Crippen molar-refractivity contribution in [3.05, 3.63) is 69.4 Å². The molecule has 7 heteroatoms. The Bertz CT molecular complexity index is 1290. The molecule has 0 unspecified atom stereocenters. The average molecular weight is 540 g/mol. The number of aromatic hydroxyl groups is 1. The van der Waals surface area contributed by atoms with Gasteiger partial charge >= 0.3 is 5.97 Å². The van der Waals surface area contributed by atoms with Crippen LogP contribution in [0.15, 0.2) is 48.5 Å². The van der Waals surface area contributed by atoms with Gasteiger partial charge < -0.3 is 19.9 Å². The van der Waals surface area contributed by atoms with Gasteiger partial charge in [0.2, 0.25) is 0 Å². The number of anilines is 1. The molecule has 4 rings (SSSR count). The van der Waals surface area contributed by atoms with Gasteiger partial charge in [0.15, 0.2) is 0 Å². The van der Waals surface area contributed by atoms with Crippen LogP contribution >= 0.6 is 24.0 Å². The first-order valence-corrected chi connectivity index (χ1v) is 13.8. The number of esters is 1. The maximum atomic E-state index is 12.7. The molecule has 198 valence electrons. The van der Waals surface area contributed by atoms with E-state index < -0.39 is 0 Å². The average Bonchev–Trinajstić information content (AvgIpc) is 3.28. The van der Waals surface area contributed by atoms with Gasteiger partial charge in [-0.05, 0) is 80.8 Å². The maximum absolute atomic E-state index is 12.7. The number of thiol groups is 1. The van der Waals surface area contributed by atoms with Crippen LogP contribution in [-0.2, 0) is 11.3 Å². The highest BCUT2D eigenvalue weighted by Gasteiger charge is 2.27. The third-order valence-corrected chi connectivity index (χ3v) is 7.58. The lowest BCUT2D eigenvalue weighted by atomic mass is 9.85. The zero-order chi connectivity index (χ0) is 27.3. The summed E-state index contributed by atoms with van der Waals surface area (Å²) in [4.78, 5) is 14.3. The molecule has 37 heavy (non-hydrogen) atoms. The van der Waals surface area contributed by atoms with Crippen LogP contribution in [0.2, 0.25) is 0 Å². The lowest BCUT2D eigenvalue weighted by Gasteiger charge is -2.33. The Morgan fingerprint density at radius 1 is 1.11 bits per heavy atom. The molecule has 0 aliphatic carbocycles. The molecule has 3 aromatic rings. The van der Waals surface area contributed by atoms with Crippen molar-refractivity contribution in [1.29, 1.82) is 0 Å². The number of thiophene rings is 1. The smallest absolute Gasteiger partial charge is 0.348 e. The number of phenolic OH excluding ortho intramolecular Hbond substituents is 1. The van der Waals surface area contributed by atoms with Crippen molar-refractivity contribution in [1.82, 2.24) is 0 Å². The summed E-state index contributed by atoms with van der Waals surface area (Å²) in [6.07, 6.45) is 2.18. The first-order chi connectivity index (χ1) is 17.5. The first kappa shape index (κ1) is 28.7. The Labute approximate surface area is 229 Å². The second-order valence-electron chi connectivity index (χ2n) is 10.1. The van der Waals surface area contributed by atoms with Crippen molar-refractivity contribution in [3.63, 3.8) is 0 Å². The van der Waals surface area contributed by atoms with E-state index in [1.807, 2.05) is 31.2 Å². The molecule has 2 N–H and O–H groups in total. The Balaban J connectivity index is 0.000000695. The van der Waals surface area contributed by atoms with Gasteiger partial charge in [0.25, 0.3) is 0 Å². The summed E-state index contributed by atoms with van der Waals surface area (Å²) in [5, 5.41) is 13.5. The normalized spacial score (nSPS) is 13.6. The third-order valence-electron chi connectivity index (χ3n) is 5.87. The molecule has 0 fully saturated rings. The fraction of sp³-hybridized carbons (Fsp3) is 0.367. The van der Waals surface area contributed by atoms with Crippen molar-refractivity contribution in [2.75, 3.05) is 18.2 Å². The van der Waals surface area contributed by atoms with Crippen LogP contribution in [0.5, 0.6) is 11.5 Å². The molecule has 1 aliphatic heterocycles. The van der Waals surface area contributed by atoms with Crippen LogP contribution in [0.3, 0.4) is 0 Å². The fourth-order valence-corrected chi connectivity index (χ4v) is 5.02. The highest BCUT2D eigenvalue weighted by molar-refractivity contribution is 7.80. The van der Waals surface area contributed by atoms with Gasteiger partial charge in [-0.2, -0.15) is 12.6 Å². The molecule has 0 radical (unpaired) electrons. The summed E-state index contributed by atoms with van der Waals surface area (Å²) < 4.78 is 11.3. The largest absolute Gasteiger partial charge is 0.508 e. The highest BCUT2D eigenvalue weighted by atomic mass is 32.1. The van der Waals surface area contributed by atoms with Crippen LogP contribution in [0.4, 0.5) is 5.69 Å². The molecule has 0 spiro atoms.